The fourth-order valence-corrected chi connectivity index (χ4v) is 3.76. The van der Waals surface area contributed by atoms with Gasteiger partial charge >= 0.3 is 5.97 Å². The summed E-state index contributed by atoms with van der Waals surface area (Å²) in [5.74, 6) is -1.01. The lowest BCUT2D eigenvalue weighted by Gasteiger charge is -2.14. The van der Waals surface area contributed by atoms with Gasteiger partial charge in [-0.25, -0.2) is 17.9 Å². The van der Waals surface area contributed by atoms with Gasteiger partial charge in [0, 0.05) is 19.2 Å². The maximum atomic E-state index is 12.3. The maximum Gasteiger partial charge on any atom is 0.338 e. The molecule has 0 aromatic heterocycles. The Bertz CT molecular complexity index is 783. The average molecular weight is 396 g/mol. The largest absolute Gasteiger partial charge is 0.449 e. The smallest absolute Gasteiger partial charge is 0.338 e. The Hall–Kier alpha value is -1.97. The molecule has 148 valence electrons. The van der Waals surface area contributed by atoms with Crippen LogP contribution in [0.4, 0.5) is 0 Å². The minimum absolute atomic E-state index is 0.0524. The van der Waals surface area contributed by atoms with Gasteiger partial charge in [0.1, 0.15) is 0 Å². The second kappa shape index (κ2) is 8.37. The first kappa shape index (κ1) is 19.8. The number of rotatable bonds is 8. The lowest BCUT2D eigenvalue weighted by Crippen LogP contribution is -2.37. The Labute approximate surface area is 158 Å². The molecule has 0 bridgehead atoms. The van der Waals surface area contributed by atoms with Crippen LogP contribution in [0.1, 0.15) is 43.0 Å². The number of amides is 1. The average Bonchev–Trinajstić information content (AvgIpc) is 3.30. The molecule has 1 saturated carbocycles. The number of hydrogen-bond acceptors (Lipinski definition) is 6. The van der Waals surface area contributed by atoms with Crippen molar-refractivity contribution < 1.29 is 27.5 Å². The summed E-state index contributed by atoms with van der Waals surface area (Å²) in [4.78, 5) is 24.0. The third-order valence-electron chi connectivity index (χ3n) is 4.50. The highest BCUT2D eigenvalue weighted by Gasteiger charge is 2.27. The summed E-state index contributed by atoms with van der Waals surface area (Å²) in [6.07, 6.45) is 2.65. The van der Waals surface area contributed by atoms with E-state index >= 15 is 0 Å². The van der Waals surface area contributed by atoms with Crippen LogP contribution in [0.15, 0.2) is 29.2 Å². The molecule has 0 unspecified atom stereocenters. The number of ether oxygens (including phenoxy) is 2. The molecular weight excluding hydrogens is 372 g/mol. The van der Waals surface area contributed by atoms with Crippen molar-refractivity contribution >= 4 is 21.9 Å². The van der Waals surface area contributed by atoms with E-state index in [2.05, 4.69) is 10.0 Å². The van der Waals surface area contributed by atoms with Crippen molar-refractivity contribution in [1.29, 1.82) is 0 Å². The molecule has 1 saturated heterocycles. The Morgan fingerprint density at radius 1 is 1.22 bits per heavy atom. The number of esters is 1. The molecule has 1 aromatic rings. The molecule has 1 aliphatic heterocycles. The van der Waals surface area contributed by atoms with Gasteiger partial charge in [-0.15, -0.1) is 0 Å². The lowest BCUT2D eigenvalue weighted by atomic mass is 10.2. The highest BCUT2D eigenvalue weighted by Crippen LogP contribution is 2.19. The quantitative estimate of drug-likeness (QED) is 0.634. The van der Waals surface area contributed by atoms with Crippen LogP contribution in [0.3, 0.4) is 0 Å². The summed E-state index contributed by atoms with van der Waals surface area (Å²) >= 11 is 0. The highest BCUT2D eigenvalue weighted by molar-refractivity contribution is 7.89. The number of carbonyl (C=O) groups excluding carboxylic acids is 2. The number of sulfonamides is 1. The van der Waals surface area contributed by atoms with Gasteiger partial charge in [-0.1, -0.05) is 0 Å². The molecule has 2 N–H and O–H groups in total. The first-order valence-electron chi connectivity index (χ1n) is 9.08. The normalized spacial score (nSPS) is 20.9. The van der Waals surface area contributed by atoms with Crippen molar-refractivity contribution in [2.75, 3.05) is 13.2 Å². The number of carbonyl (C=O) groups is 2. The van der Waals surface area contributed by atoms with Crippen LogP contribution in [-0.2, 0) is 24.3 Å². The van der Waals surface area contributed by atoms with E-state index in [-0.39, 0.29) is 35.1 Å². The Morgan fingerprint density at radius 3 is 2.52 bits per heavy atom. The molecule has 1 heterocycles. The maximum absolute atomic E-state index is 12.3. The van der Waals surface area contributed by atoms with E-state index in [1.807, 2.05) is 0 Å². The predicted molar refractivity (Wildman–Crippen MR) is 96.6 cm³/mol. The second-order valence-corrected chi connectivity index (χ2v) is 8.61. The molecule has 2 aliphatic rings. The third-order valence-corrected chi connectivity index (χ3v) is 5.94. The topological polar surface area (TPSA) is 111 Å². The molecular formula is C18H24N2O6S. The van der Waals surface area contributed by atoms with E-state index in [1.165, 1.54) is 31.2 Å². The van der Waals surface area contributed by atoms with E-state index in [1.54, 1.807) is 0 Å². The Balaban J connectivity index is 1.54. The van der Waals surface area contributed by atoms with Crippen LogP contribution in [0, 0.1) is 0 Å². The van der Waals surface area contributed by atoms with E-state index in [0.717, 1.165) is 25.7 Å². The van der Waals surface area contributed by atoms with E-state index in [9.17, 15) is 18.0 Å². The van der Waals surface area contributed by atoms with Gasteiger partial charge in [0.25, 0.3) is 5.91 Å². The second-order valence-electron chi connectivity index (χ2n) is 6.84. The molecule has 0 spiro atoms. The molecule has 1 aliphatic carbocycles. The summed E-state index contributed by atoms with van der Waals surface area (Å²) in [6, 6.07) is 5.60. The van der Waals surface area contributed by atoms with Crippen LogP contribution in [0.5, 0.6) is 0 Å². The van der Waals surface area contributed by atoms with Crippen molar-refractivity contribution in [3.05, 3.63) is 29.8 Å². The van der Waals surface area contributed by atoms with Crippen LogP contribution >= 0.6 is 0 Å². The minimum Gasteiger partial charge on any atom is -0.449 e. The first-order chi connectivity index (χ1) is 12.8. The van der Waals surface area contributed by atoms with Crippen molar-refractivity contribution in [2.45, 2.75) is 55.8 Å². The van der Waals surface area contributed by atoms with Gasteiger partial charge in [-0.05, 0) is 56.9 Å². The molecule has 8 nitrogen and oxygen atoms in total. The van der Waals surface area contributed by atoms with Crippen molar-refractivity contribution in [1.82, 2.24) is 10.0 Å². The molecule has 0 radical (unpaired) electrons. The lowest BCUT2D eigenvalue weighted by molar-refractivity contribution is -0.129. The third kappa shape index (κ3) is 5.50. The minimum atomic E-state index is -3.68. The number of benzene rings is 1. The van der Waals surface area contributed by atoms with Gasteiger partial charge in [0.05, 0.1) is 16.6 Å². The zero-order valence-electron chi connectivity index (χ0n) is 15.1. The fourth-order valence-electron chi connectivity index (χ4n) is 2.69. The van der Waals surface area contributed by atoms with E-state index in [4.69, 9.17) is 9.47 Å². The monoisotopic (exact) mass is 396 g/mol. The van der Waals surface area contributed by atoms with Crippen molar-refractivity contribution in [2.24, 2.45) is 0 Å². The standard InChI is InChI=1S/C18H24N2O6S/c1-12(17(21)20-14-6-7-14)26-18(22)13-4-8-16(9-5-13)27(23,24)19-11-15-3-2-10-25-15/h4-5,8-9,12,14-15,19H,2-3,6-7,10-11H2,1H3,(H,20,21)/t12-,15+/m0/s1. The first-order valence-corrected chi connectivity index (χ1v) is 10.6. The highest BCUT2D eigenvalue weighted by atomic mass is 32.2. The molecule has 2 fully saturated rings. The molecule has 9 heteroatoms. The molecule has 2 atom stereocenters. The molecule has 3 rings (SSSR count). The van der Waals surface area contributed by atoms with Gasteiger partial charge in [-0.2, -0.15) is 0 Å². The summed E-state index contributed by atoms with van der Waals surface area (Å²) < 4.78 is 37.7. The molecule has 27 heavy (non-hydrogen) atoms. The van der Waals surface area contributed by atoms with Crippen LogP contribution < -0.4 is 10.0 Å². The van der Waals surface area contributed by atoms with Crippen molar-refractivity contribution in [3.63, 3.8) is 0 Å². The van der Waals surface area contributed by atoms with Gasteiger partial charge in [-0.3, -0.25) is 4.79 Å². The van der Waals surface area contributed by atoms with Crippen LogP contribution in [0.2, 0.25) is 0 Å². The number of nitrogens with one attached hydrogen (secondary N) is 2. The van der Waals surface area contributed by atoms with E-state index in [0.29, 0.717) is 6.61 Å². The zero-order chi connectivity index (χ0) is 19.4. The SMILES string of the molecule is C[C@H](OC(=O)c1ccc(S(=O)(=O)NC[C@H]2CCCO2)cc1)C(=O)NC1CC1. The zero-order valence-corrected chi connectivity index (χ0v) is 16.0. The summed E-state index contributed by atoms with van der Waals surface area (Å²) in [5, 5.41) is 2.76. The predicted octanol–water partition coefficient (Wildman–Crippen LogP) is 0.968. The van der Waals surface area contributed by atoms with Crippen LogP contribution in [0.25, 0.3) is 0 Å². The number of hydrogen-bond donors (Lipinski definition) is 2. The molecule has 1 aromatic carbocycles. The summed E-state index contributed by atoms with van der Waals surface area (Å²) in [7, 11) is -3.68. The van der Waals surface area contributed by atoms with Crippen molar-refractivity contribution in [3.8, 4) is 0 Å². The summed E-state index contributed by atoms with van der Waals surface area (Å²) in [5.41, 5.74) is 0.180. The van der Waals surface area contributed by atoms with E-state index < -0.39 is 22.1 Å². The Kier molecular flexibility index (Phi) is 6.13. The van der Waals surface area contributed by atoms with Gasteiger partial charge in [0.2, 0.25) is 10.0 Å². The Morgan fingerprint density at radius 2 is 1.93 bits per heavy atom. The van der Waals surface area contributed by atoms with Crippen LogP contribution in [-0.4, -0.2) is 51.7 Å². The molecule has 1 amide bonds. The summed E-state index contributed by atoms with van der Waals surface area (Å²) in [6.45, 7) is 2.38. The fraction of sp³-hybridized carbons (Fsp3) is 0.556. The van der Waals surface area contributed by atoms with Gasteiger partial charge in [0.15, 0.2) is 6.10 Å². The van der Waals surface area contributed by atoms with Gasteiger partial charge < -0.3 is 14.8 Å².